The lowest BCUT2D eigenvalue weighted by Gasteiger charge is -2.33. The molecule has 0 spiro atoms. The first-order valence-electron chi connectivity index (χ1n) is 25.7. The monoisotopic (exact) mass is 827 g/mol. The van der Waals surface area contributed by atoms with Crippen molar-refractivity contribution in [1.82, 2.24) is 9.80 Å². The van der Waals surface area contributed by atoms with Crippen molar-refractivity contribution in [2.45, 2.75) is 290 Å². The number of esters is 1. The van der Waals surface area contributed by atoms with E-state index in [0.29, 0.717) is 38.0 Å². The fourth-order valence-corrected chi connectivity index (χ4v) is 8.40. The summed E-state index contributed by atoms with van der Waals surface area (Å²) >= 11 is 0. The maximum atomic E-state index is 15.2. The number of rotatable bonds is 45. The largest absolute Gasteiger partial charge is 0.458 e. The molecule has 0 aromatic carbocycles. The Morgan fingerprint density at radius 2 is 0.828 bits per heavy atom. The highest BCUT2D eigenvalue weighted by Gasteiger charge is 2.41. The Kier molecular flexibility index (Phi) is 40.3. The van der Waals surface area contributed by atoms with E-state index in [1.54, 1.807) is 0 Å². The Morgan fingerprint density at radius 3 is 1.24 bits per heavy atom. The Bertz CT molecular complexity index is 885. The Labute approximate surface area is 360 Å². The summed E-state index contributed by atoms with van der Waals surface area (Å²) in [6, 6.07) is 0.221. The molecule has 0 aromatic rings. The molecule has 5 nitrogen and oxygen atoms in total. The van der Waals surface area contributed by atoms with Gasteiger partial charge in [-0.2, -0.15) is 8.78 Å². The molecule has 58 heavy (non-hydrogen) atoms. The number of carbonyl (C=O) groups excluding carboxylic acids is 2. The van der Waals surface area contributed by atoms with Crippen molar-refractivity contribution < 1.29 is 23.1 Å². The smallest absolute Gasteiger partial charge is 0.377 e. The number of nitrogens with zero attached hydrogens (tertiary/aromatic N) is 2. The van der Waals surface area contributed by atoms with Crippen molar-refractivity contribution in [3.05, 3.63) is 0 Å². The first-order chi connectivity index (χ1) is 28.1. The van der Waals surface area contributed by atoms with Crippen molar-refractivity contribution in [2.24, 2.45) is 0 Å². The van der Waals surface area contributed by atoms with Crippen molar-refractivity contribution in [3.8, 4) is 0 Å². The number of hydrogen-bond acceptors (Lipinski definition) is 4. The molecule has 1 unspecified atom stereocenters. The van der Waals surface area contributed by atoms with Crippen LogP contribution in [0, 0.1) is 0 Å². The zero-order valence-electron chi connectivity index (χ0n) is 39.8. The number of carbonyl (C=O) groups is 2. The normalized spacial score (nSPS) is 12.5. The average Bonchev–Trinajstić information content (AvgIpc) is 3.19. The van der Waals surface area contributed by atoms with E-state index < -0.39 is 24.4 Å². The van der Waals surface area contributed by atoms with Gasteiger partial charge in [0.05, 0.1) is 0 Å². The maximum Gasteiger partial charge on any atom is 0.377 e. The van der Waals surface area contributed by atoms with Gasteiger partial charge in [0.2, 0.25) is 5.91 Å². The molecule has 7 heteroatoms. The van der Waals surface area contributed by atoms with Gasteiger partial charge in [0.25, 0.3) is 0 Å². The van der Waals surface area contributed by atoms with Crippen LogP contribution < -0.4 is 0 Å². The molecular weight excluding hydrogens is 727 g/mol. The molecular formula is C51H100F2N2O3. The Morgan fingerprint density at radius 1 is 0.466 bits per heavy atom. The fraction of sp³-hybridized carbons (Fsp3) is 0.961. The molecule has 0 aromatic heterocycles. The highest BCUT2D eigenvalue weighted by Crippen LogP contribution is 2.28. The fourth-order valence-electron chi connectivity index (χ4n) is 8.40. The summed E-state index contributed by atoms with van der Waals surface area (Å²) in [6.45, 7) is 10.7. The summed E-state index contributed by atoms with van der Waals surface area (Å²) in [6.07, 6.45) is 39.1. The molecule has 0 aliphatic carbocycles. The molecule has 0 radical (unpaired) electrons. The van der Waals surface area contributed by atoms with Crippen LogP contribution in [-0.2, 0) is 14.3 Å². The van der Waals surface area contributed by atoms with Gasteiger partial charge in [0.15, 0.2) is 0 Å². The van der Waals surface area contributed by atoms with Crippen LogP contribution in [0.2, 0.25) is 0 Å². The number of ether oxygens (including phenoxy) is 1. The third-order valence-corrected chi connectivity index (χ3v) is 12.3. The molecule has 0 heterocycles. The van der Waals surface area contributed by atoms with Crippen LogP contribution in [-0.4, -0.2) is 66.9 Å². The first-order valence-corrected chi connectivity index (χ1v) is 25.7. The molecule has 0 aliphatic heterocycles. The predicted molar refractivity (Wildman–Crippen MR) is 247 cm³/mol. The lowest BCUT2D eigenvalue weighted by atomic mass is 9.97. The molecule has 1 atom stereocenters. The molecule has 1 amide bonds. The maximum absolute atomic E-state index is 15.2. The van der Waals surface area contributed by atoms with E-state index in [-0.39, 0.29) is 6.04 Å². The number of hydrogen-bond donors (Lipinski definition) is 0. The molecule has 346 valence electrons. The van der Waals surface area contributed by atoms with E-state index in [1.165, 1.54) is 122 Å². The summed E-state index contributed by atoms with van der Waals surface area (Å²) in [5.41, 5.74) is 0. The van der Waals surface area contributed by atoms with Crippen molar-refractivity contribution in [1.29, 1.82) is 0 Å². The van der Waals surface area contributed by atoms with Gasteiger partial charge < -0.3 is 14.5 Å². The highest BCUT2D eigenvalue weighted by atomic mass is 19.3. The average molecular weight is 827 g/mol. The number of alkyl halides is 2. The summed E-state index contributed by atoms with van der Waals surface area (Å²) in [5, 5.41) is 0. The second-order valence-electron chi connectivity index (χ2n) is 18.3. The van der Waals surface area contributed by atoms with E-state index >= 15 is 8.78 Å². The molecule has 0 fully saturated rings. The van der Waals surface area contributed by atoms with Gasteiger partial charge in [-0.3, -0.25) is 4.79 Å². The number of halogens is 2. The zero-order chi connectivity index (χ0) is 43.0. The first kappa shape index (κ1) is 56.8. The van der Waals surface area contributed by atoms with Crippen LogP contribution in [0.1, 0.15) is 272 Å². The summed E-state index contributed by atoms with van der Waals surface area (Å²) in [4.78, 5) is 31.0. The van der Waals surface area contributed by atoms with Crippen LogP contribution in [0.5, 0.6) is 0 Å². The topological polar surface area (TPSA) is 49.9 Å². The second-order valence-corrected chi connectivity index (χ2v) is 18.3. The molecule has 0 bridgehead atoms. The van der Waals surface area contributed by atoms with Crippen LogP contribution in [0.3, 0.4) is 0 Å². The Balaban J connectivity index is 5.26. The third kappa shape index (κ3) is 34.5. The molecule has 0 saturated heterocycles. The lowest BCUT2D eigenvalue weighted by molar-refractivity contribution is -0.179. The molecule has 0 aliphatic rings. The quantitative estimate of drug-likeness (QED) is 0.0453. The van der Waals surface area contributed by atoms with Gasteiger partial charge >= 0.3 is 11.9 Å². The van der Waals surface area contributed by atoms with Gasteiger partial charge in [-0.05, 0) is 78.4 Å². The highest BCUT2D eigenvalue weighted by molar-refractivity contribution is 5.77. The van der Waals surface area contributed by atoms with Crippen molar-refractivity contribution >= 4 is 11.9 Å². The van der Waals surface area contributed by atoms with Gasteiger partial charge in [-0.25, -0.2) is 4.79 Å². The van der Waals surface area contributed by atoms with Gasteiger partial charge in [0.1, 0.15) is 6.10 Å². The molecule has 0 rings (SSSR count). The molecule has 0 N–H and O–H groups in total. The minimum atomic E-state index is -3.44. The van der Waals surface area contributed by atoms with E-state index in [1.807, 2.05) is 0 Å². The van der Waals surface area contributed by atoms with Crippen LogP contribution >= 0.6 is 0 Å². The SMILES string of the molecule is CCCCCCCCCCN(C(=O)CCCN(C)C)C(CCCCCCCCC)CCCCCCC(F)(F)C(=O)OC(CCCCCCCC)CCCCCCCC. The van der Waals surface area contributed by atoms with Crippen LogP contribution in [0.25, 0.3) is 0 Å². The number of unbranched alkanes of at least 4 members (excludes halogenated alkanes) is 26. The van der Waals surface area contributed by atoms with E-state index in [4.69, 9.17) is 4.74 Å². The lowest BCUT2D eigenvalue weighted by Crippen LogP contribution is -2.41. The van der Waals surface area contributed by atoms with Gasteiger partial charge in [0, 0.05) is 25.4 Å². The standard InChI is InChI=1S/C51H100F2N2O3/c1-7-11-15-19-23-25-31-37-46-55(49(56)43-38-45-54(5)6)47(39-32-26-24-20-16-12-8-2)40-33-29-30-36-44-51(52,53)50(57)58-48(41-34-27-21-17-13-9-3)42-35-28-22-18-14-10-4/h47-48H,7-46H2,1-6H3. The number of amides is 1. The third-order valence-electron chi connectivity index (χ3n) is 12.3. The molecule has 0 saturated carbocycles. The van der Waals surface area contributed by atoms with Gasteiger partial charge in [-0.1, -0.05) is 201 Å². The zero-order valence-corrected chi connectivity index (χ0v) is 39.8. The van der Waals surface area contributed by atoms with Crippen molar-refractivity contribution in [2.75, 3.05) is 27.2 Å². The van der Waals surface area contributed by atoms with Gasteiger partial charge in [-0.15, -0.1) is 0 Å². The summed E-state index contributed by atoms with van der Waals surface area (Å²) in [7, 11) is 4.13. The summed E-state index contributed by atoms with van der Waals surface area (Å²) in [5.74, 6) is -4.46. The second kappa shape index (κ2) is 41.1. The predicted octanol–water partition coefficient (Wildman–Crippen LogP) is 16.2. The minimum Gasteiger partial charge on any atom is -0.458 e. The minimum absolute atomic E-state index is 0.221. The Hall–Kier alpha value is -1.24. The van der Waals surface area contributed by atoms with Crippen LogP contribution in [0.4, 0.5) is 8.78 Å². The summed E-state index contributed by atoms with van der Waals surface area (Å²) < 4.78 is 36.0. The van der Waals surface area contributed by atoms with E-state index in [2.05, 4.69) is 51.6 Å². The van der Waals surface area contributed by atoms with E-state index in [0.717, 1.165) is 96.6 Å². The van der Waals surface area contributed by atoms with Crippen molar-refractivity contribution in [3.63, 3.8) is 0 Å². The van der Waals surface area contributed by atoms with Crippen LogP contribution in [0.15, 0.2) is 0 Å². The van der Waals surface area contributed by atoms with E-state index in [9.17, 15) is 9.59 Å².